The first-order valence-corrected chi connectivity index (χ1v) is 11.1. The second-order valence-corrected chi connectivity index (χ2v) is 9.58. The molecule has 1 aromatic rings. The maximum absolute atomic E-state index is 12.8. The molecule has 1 aliphatic heterocycles. The normalized spacial score (nSPS) is 18.3. The zero-order valence-electron chi connectivity index (χ0n) is 12.6. The van der Waals surface area contributed by atoms with Crippen LogP contribution in [0.1, 0.15) is 32.1 Å². The SMILES string of the molecule is CCCSP(=O)(OCC)Oc1ccc(Br)cc1C1OCCO1. The molecule has 124 valence electrons. The second kappa shape index (κ2) is 8.71. The second-order valence-electron chi connectivity index (χ2n) is 4.55. The van der Waals surface area contributed by atoms with Crippen LogP contribution in [0, 0.1) is 0 Å². The predicted octanol–water partition coefficient (Wildman–Crippen LogP) is 5.16. The van der Waals surface area contributed by atoms with Crippen LogP contribution in [0.2, 0.25) is 0 Å². The number of ether oxygens (including phenoxy) is 2. The molecule has 1 aromatic carbocycles. The van der Waals surface area contributed by atoms with E-state index in [9.17, 15) is 4.57 Å². The number of hydrogen-bond donors (Lipinski definition) is 0. The maximum Gasteiger partial charge on any atom is 0.440 e. The Kier molecular flexibility index (Phi) is 7.25. The average molecular weight is 411 g/mol. The molecule has 1 atom stereocenters. The van der Waals surface area contributed by atoms with Crippen molar-refractivity contribution in [3.8, 4) is 5.75 Å². The highest BCUT2D eigenvalue weighted by Crippen LogP contribution is 2.61. The van der Waals surface area contributed by atoms with Crippen molar-refractivity contribution in [2.24, 2.45) is 0 Å². The van der Waals surface area contributed by atoms with E-state index in [0.717, 1.165) is 10.9 Å². The lowest BCUT2D eigenvalue weighted by molar-refractivity contribution is -0.0450. The average Bonchev–Trinajstić information content (AvgIpc) is 3.01. The zero-order chi connectivity index (χ0) is 16.0. The van der Waals surface area contributed by atoms with Gasteiger partial charge in [0.05, 0.1) is 25.4 Å². The van der Waals surface area contributed by atoms with Crippen LogP contribution in [0.5, 0.6) is 5.75 Å². The van der Waals surface area contributed by atoms with Gasteiger partial charge in [0.1, 0.15) is 5.75 Å². The summed E-state index contributed by atoms with van der Waals surface area (Å²) in [6.07, 6.45) is 0.395. The minimum Gasteiger partial charge on any atom is -0.416 e. The summed E-state index contributed by atoms with van der Waals surface area (Å²) in [5, 5.41) is 0. The molecule has 2 rings (SSSR count). The fourth-order valence-electron chi connectivity index (χ4n) is 1.90. The molecule has 5 nitrogen and oxygen atoms in total. The number of hydrogen-bond acceptors (Lipinski definition) is 6. The summed E-state index contributed by atoms with van der Waals surface area (Å²) in [6, 6.07) is 5.43. The molecule has 0 aromatic heterocycles. The zero-order valence-corrected chi connectivity index (χ0v) is 15.9. The van der Waals surface area contributed by atoms with Gasteiger partial charge in [0, 0.05) is 10.2 Å². The lowest BCUT2D eigenvalue weighted by atomic mass is 10.2. The van der Waals surface area contributed by atoms with Gasteiger partial charge in [0.2, 0.25) is 0 Å². The lowest BCUT2D eigenvalue weighted by Crippen LogP contribution is -2.03. The minimum absolute atomic E-state index is 0.330. The van der Waals surface area contributed by atoms with E-state index < -0.39 is 13.1 Å². The van der Waals surface area contributed by atoms with Crippen molar-refractivity contribution in [3.63, 3.8) is 0 Å². The van der Waals surface area contributed by atoms with Crippen molar-refractivity contribution in [2.75, 3.05) is 25.6 Å². The smallest absolute Gasteiger partial charge is 0.416 e. The Bertz CT molecular complexity index is 536. The Hall–Kier alpha value is -0.0400. The molecule has 0 amide bonds. The first-order chi connectivity index (χ1) is 10.6. The summed E-state index contributed by atoms with van der Waals surface area (Å²) in [6.45, 7) is 1.97. The van der Waals surface area contributed by atoms with Crippen LogP contribution in [-0.2, 0) is 18.6 Å². The van der Waals surface area contributed by atoms with Crippen LogP contribution in [0.3, 0.4) is 0 Å². The number of halogens is 1. The van der Waals surface area contributed by atoms with Gasteiger partial charge in [0.25, 0.3) is 0 Å². The van der Waals surface area contributed by atoms with Crippen molar-refractivity contribution in [3.05, 3.63) is 28.2 Å². The Labute approximate surface area is 143 Å². The monoisotopic (exact) mass is 410 g/mol. The fraction of sp³-hybridized carbons (Fsp3) is 0.571. The van der Waals surface area contributed by atoms with E-state index in [2.05, 4.69) is 15.9 Å². The van der Waals surface area contributed by atoms with Crippen LogP contribution in [0.4, 0.5) is 0 Å². The number of rotatable bonds is 8. The molecule has 1 unspecified atom stereocenters. The third kappa shape index (κ3) is 4.98. The summed E-state index contributed by atoms with van der Waals surface area (Å²) in [5.74, 6) is 1.18. The van der Waals surface area contributed by atoms with Crippen molar-refractivity contribution in [1.29, 1.82) is 0 Å². The standard InChI is InChI=1S/C14H20BrO5PS/c1-3-9-22-21(16,19-4-2)20-13-6-5-11(15)10-12(13)14-17-7-8-18-14/h5-6,10,14H,3-4,7-9H2,1-2H3. The first-order valence-electron chi connectivity index (χ1n) is 7.19. The predicted molar refractivity (Wildman–Crippen MR) is 91.4 cm³/mol. The van der Waals surface area contributed by atoms with Gasteiger partial charge in [-0.2, -0.15) is 0 Å². The van der Waals surface area contributed by atoms with Gasteiger partial charge in [-0.25, -0.2) is 4.57 Å². The summed E-state index contributed by atoms with van der Waals surface area (Å²) < 4.78 is 35.9. The highest BCUT2D eigenvalue weighted by Gasteiger charge is 2.30. The van der Waals surface area contributed by atoms with E-state index in [1.807, 2.05) is 19.1 Å². The minimum atomic E-state index is -3.25. The topological polar surface area (TPSA) is 54.0 Å². The first kappa shape index (κ1) is 18.3. The van der Waals surface area contributed by atoms with E-state index in [-0.39, 0.29) is 0 Å². The van der Waals surface area contributed by atoms with E-state index in [0.29, 0.717) is 36.9 Å². The summed E-state index contributed by atoms with van der Waals surface area (Å²) >= 11 is 4.64. The van der Waals surface area contributed by atoms with E-state index in [4.69, 9.17) is 18.5 Å². The molecular weight excluding hydrogens is 391 g/mol. The van der Waals surface area contributed by atoms with Gasteiger partial charge >= 0.3 is 6.80 Å². The molecule has 0 aliphatic carbocycles. The van der Waals surface area contributed by atoms with Gasteiger partial charge < -0.3 is 14.0 Å². The summed E-state index contributed by atoms with van der Waals surface area (Å²) in [5.41, 5.74) is 0.712. The van der Waals surface area contributed by atoms with Crippen LogP contribution in [-0.4, -0.2) is 25.6 Å². The van der Waals surface area contributed by atoms with Crippen LogP contribution in [0.25, 0.3) is 0 Å². The third-order valence-electron chi connectivity index (χ3n) is 2.80. The highest BCUT2D eigenvalue weighted by molar-refractivity contribution is 9.10. The largest absolute Gasteiger partial charge is 0.440 e. The fourth-order valence-corrected chi connectivity index (χ4v) is 5.74. The Morgan fingerprint density at radius 3 is 2.73 bits per heavy atom. The molecular formula is C14H20BrO5PS. The Morgan fingerprint density at radius 2 is 2.09 bits per heavy atom. The van der Waals surface area contributed by atoms with Gasteiger partial charge in [-0.15, -0.1) is 0 Å². The molecule has 0 N–H and O–H groups in total. The van der Waals surface area contributed by atoms with Crippen LogP contribution in [0.15, 0.2) is 22.7 Å². The van der Waals surface area contributed by atoms with Gasteiger partial charge in [-0.05, 0) is 42.9 Å². The van der Waals surface area contributed by atoms with Crippen molar-refractivity contribution in [1.82, 2.24) is 0 Å². The number of benzene rings is 1. The van der Waals surface area contributed by atoms with Crippen molar-refractivity contribution < 1.29 is 23.1 Å². The van der Waals surface area contributed by atoms with E-state index in [1.165, 1.54) is 11.4 Å². The maximum atomic E-state index is 12.8. The van der Waals surface area contributed by atoms with E-state index >= 15 is 0 Å². The lowest BCUT2D eigenvalue weighted by Gasteiger charge is -2.21. The van der Waals surface area contributed by atoms with Crippen molar-refractivity contribution >= 4 is 34.1 Å². The molecule has 1 fully saturated rings. The summed E-state index contributed by atoms with van der Waals surface area (Å²) in [7, 11) is 0. The van der Waals surface area contributed by atoms with Gasteiger partial charge in [0.15, 0.2) is 6.29 Å². The summed E-state index contributed by atoms with van der Waals surface area (Å²) in [4.78, 5) is 0. The highest BCUT2D eigenvalue weighted by atomic mass is 79.9. The van der Waals surface area contributed by atoms with Crippen LogP contribution >= 0.6 is 34.1 Å². The van der Waals surface area contributed by atoms with Gasteiger partial charge in [-0.1, -0.05) is 22.9 Å². The molecule has 22 heavy (non-hydrogen) atoms. The van der Waals surface area contributed by atoms with Crippen LogP contribution < -0.4 is 4.52 Å². The molecule has 0 saturated carbocycles. The van der Waals surface area contributed by atoms with Gasteiger partial charge in [-0.3, -0.25) is 4.52 Å². The molecule has 0 spiro atoms. The Balaban J connectivity index is 2.24. The molecule has 1 aliphatic rings. The van der Waals surface area contributed by atoms with Crippen molar-refractivity contribution in [2.45, 2.75) is 26.6 Å². The van der Waals surface area contributed by atoms with E-state index in [1.54, 1.807) is 13.0 Å². The molecule has 0 radical (unpaired) electrons. The molecule has 1 heterocycles. The molecule has 0 bridgehead atoms. The molecule has 1 saturated heterocycles. The Morgan fingerprint density at radius 1 is 1.36 bits per heavy atom. The molecule has 8 heteroatoms. The third-order valence-corrected chi connectivity index (χ3v) is 7.23. The quantitative estimate of drug-likeness (QED) is 0.551.